The van der Waals surface area contributed by atoms with Crippen molar-refractivity contribution in [2.24, 2.45) is 17.8 Å². The van der Waals surface area contributed by atoms with Crippen LogP contribution >= 0.6 is 39.0 Å². The standard InChI is InChI=1S/C24H27BrN2O2S2/c25-17-6-4-5-14(12-17)20-19-15-7-8-16(11-15)21(19)30-23-22(20)31-24(29)27(23)13-18(28)26-9-2-1-3-10-26/h4-6,12,15-16,19-21H,1-3,7-11,13H2/t15?,16?,19?,20-,21?/m0/s1. The summed E-state index contributed by atoms with van der Waals surface area (Å²) in [5, 5.41) is 1.65. The summed E-state index contributed by atoms with van der Waals surface area (Å²) in [6.07, 6.45) is 7.34. The maximum absolute atomic E-state index is 13.2. The number of halogens is 1. The third kappa shape index (κ3) is 3.46. The summed E-state index contributed by atoms with van der Waals surface area (Å²) in [5.74, 6) is 2.51. The molecule has 7 heteroatoms. The van der Waals surface area contributed by atoms with Crippen LogP contribution in [-0.2, 0) is 11.3 Å². The van der Waals surface area contributed by atoms with Crippen molar-refractivity contribution in [3.63, 3.8) is 0 Å². The predicted molar refractivity (Wildman–Crippen MR) is 129 cm³/mol. The van der Waals surface area contributed by atoms with E-state index in [1.165, 1.54) is 47.5 Å². The van der Waals surface area contributed by atoms with Gasteiger partial charge in [-0.15, -0.1) is 11.8 Å². The Hall–Kier alpha value is -1.05. The first-order chi connectivity index (χ1) is 15.1. The Labute approximate surface area is 199 Å². The summed E-state index contributed by atoms with van der Waals surface area (Å²) in [6.45, 7) is 1.87. The smallest absolute Gasteiger partial charge is 0.308 e. The molecule has 4 aliphatic rings. The molecule has 0 N–H and O–H groups in total. The molecular weight excluding hydrogens is 492 g/mol. The second kappa shape index (κ2) is 8.07. The zero-order valence-electron chi connectivity index (χ0n) is 17.5. The van der Waals surface area contributed by atoms with E-state index in [2.05, 4.69) is 40.2 Å². The fourth-order valence-electron chi connectivity index (χ4n) is 6.54. The van der Waals surface area contributed by atoms with E-state index < -0.39 is 0 Å². The van der Waals surface area contributed by atoms with Crippen LogP contribution in [0.1, 0.15) is 54.9 Å². The molecule has 164 valence electrons. The van der Waals surface area contributed by atoms with E-state index in [9.17, 15) is 9.59 Å². The lowest BCUT2D eigenvalue weighted by molar-refractivity contribution is -0.132. The Kier molecular flexibility index (Phi) is 5.35. The molecule has 1 saturated heterocycles. The van der Waals surface area contributed by atoms with Crippen molar-refractivity contribution in [2.75, 3.05) is 13.1 Å². The predicted octanol–water partition coefficient (Wildman–Crippen LogP) is 5.34. The summed E-state index contributed by atoms with van der Waals surface area (Å²) in [7, 11) is 0. The van der Waals surface area contributed by atoms with Crippen LogP contribution in [0.25, 0.3) is 0 Å². The quantitative estimate of drug-likeness (QED) is 0.550. The Balaban J connectivity index is 1.41. The average Bonchev–Trinajstić information content (AvgIpc) is 3.47. The van der Waals surface area contributed by atoms with Crippen LogP contribution in [0.5, 0.6) is 0 Å². The topological polar surface area (TPSA) is 42.3 Å². The normalized spacial score (nSPS) is 31.5. The highest BCUT2D eigenvalue weighted by Gasteiger charge is 2.55. The lowest BCUT2D eigenvalue weighted by Gasteiger charge is -2.40. The molecule has 0 spiro atoms. The molecular formula is C24H27BrN2O2S2. The highest BCUT2D eigenvalue weighted by molar-refractivity contribution is 9.10. The molecule has 1 aromatic heterocycles. The number of likely N-dealkylation sites (tertiary alicyclic amines) is 1. The van der Waals surface area contributed by atoms with Gasteiger partial charge in [-0.05, 0) is 74.0 Å². The molecule has 2 aromatic rings. The average molecular weight is 520 g/mol. The first-order valence-electron chi connectivity index (χ1n) is 11.5. The number of aromatic nitrogens is 1. The van der Waals surface area contributed by atoms with Gasteiger partial charge in [0.15, 0.2) is 0 Å². The highest BCUT2D eigenvalue weighted by atomic mass is 79.9. The van der Waals surface area contributed by atoms with Crippen molar-refractivity contribution >= 4 is 44.9 Å². The molecule has 6 rings (SSSR count). The van der Waals surface area contributed by atoms with Gasteiger partial charge in [0.05, 0.1) is 5.03 Å². The van der Waals surface area contributed by atoms with Crippen molar-refractivity contribution in [2.45, 2.75) is 61.3 Å². The molecule has 3 heterocycles. The van der Waals surface area contributed by atoms with Gasteiger partial charge in [-0.1, -0.05) is 39.4 Å². The zero-order chi connectivity index (χ0) is 21.1. The maximum atomic E-state index is 13.2. The molecule has 31 heavy (non-hydrogen) atoms. The summed E-state index contributed by atoms with van der Waals surface area (Å²) < 4.78 is 2.91. The Bertz CT molecular complexity index is 1070. The van der Waals surface area contributed by atoms with Gasteiger partial charge < -0.3 is 4.90 Å². The van der Waals surface area contributed by atoms with Gasteiger partial charge in [0.1, 0.15) is 6.54 Å². The number of hydrogen-bond acceptors (Lipinski definition) is 4. The van der Waals surface area contributed by atoms with Crippen molar-refractivity contribution in [3.05, 3.63) is 48.8 Å². The molecule has 3 fully saturated rings. The number of rotatable bonds is 3. The zero-order valence-corrected chi connectivity index (χ0v) is 20.7. The van der Waals surface area contributed by atoms with E-state index >= 15 is 0 Å². The van der Waals surface area contributed by atoms with Gasteiger partial charge in [-0.3, -0.25) is 14.2 Å². The van der Waals surface area contributed by atoms with E-state index in [-0.39, 0.29) is 23.2 Å². The molecule has 0 radical (unpaired) electrons. The molecule has 4 nitrogen and oxygen atoms in total. The Morgan fingerprint density at radius 3 is 2.74 bits per heavy atom. The van der Waals surface area contributed by atoms with Gasteiger partial charge in [-0.25, -0.2) is 0 Å². The van der Waals surface area contributed by atoms with E-state index in [4.69, 9.17) is 0 Å². The van der Waals surface area contributed by atoms with Gasteiger partial charge in [0, 0.05) is 33.6 Å². The number of carbonyl (C=O) groups is 1. The monoisotopic (exact) mass is 518 g/mol. The fourth-order valence-corrected chi connectivity index (χ4v) is 10.1. The minimum atomic E-state index is 0.0372. The van der Waals surface area contributed by atoms with Crippen molar-refractivity contribution in [1.29, 1.82) is 0 Å². The van der Waals surface area contributed by atoms with Gasteiger partial charge in [0.25, 0.3) is 0 Å². The summed E-state index contributed by atoms with van der Waals surface area (Å²) in [5.41, 5.74) is 1.31. The number of thiazole rings is 1. The molecule has 2 aliphatic carbocycles. The van der Waals surface area contributed by atoms with Crippen LogP contribution in [0.15, 0.2) is 38.6 Å². The number of amides is 1. The maximum Gasteiger partial charge on any atom is 0.308 e. The SMILES string of the molecule is O=C(Cn1c2c(sc1=O)[C@@H](c1cccc(Br)c1)C1C3CCC(C3)C1S2)N1CCCCC1. The number of nitrogens with zero attached hydrogens (tertiary/aromatic N) is 2. The molecule has 1 amide bonds. The fraction of sp³-hybridized carbons (Fsp3) is 0.583. The lowest BCUT2D eigenvalue weighted by Crippen LogP contribution is -2.39. The number of benzene rings is 1. The van der Waals surface area contributed by atoms with Crippen LogP contribution in [0.4, 0.5) is 0 Å². The number of carbonyl (C=O) groups excluding carboxylic acids is 1. The van der Waals surface area contributed by atoms with Gasteiger partial charge >= 0.3 is 4.87 Å². The first kappa shape index (κ1) is 20.5. The third-order valence-corrected chi connectivity index (χ3v) is 11.2. The second-order valence-corrected chi connectivity index (χ2v) is 12.7. The molecule has 2 saturated carbocycles. The van der Waals surface area contributed by atoms with Crippen LogP contribution in [-0.4, -0.2) is 33.7 Å². The third-order valence-electron chi connectivity index (χ3n) is 7.90. The first-order valence-corrected chi connectivity index (χ1v) is 14.0. The summed E-state index contributed by atoms with van der Waals surface area (Å²) >= 11 is 6.97. The van der Waals surface area contributed by atoms with E-state index in [1.807, 2.05) is 21.2 Å². The van der Waals surface area contributed by atoms with Gasteiger partial charge in [0.2, 0.25) is 5.91 Å². The molecule has 5 atom stereocenters. The number of thioether (sulfide) groups is 1. The van der Waals surface area contributed by atoms with Crippen molar-refractivity contribution in [1.82, 2.24) is 9.47 Å². The summed E-state index contributed by atoms with van der Waals surface area (Å²) in [6, 6.07) is 8.65. The van der Waals surface area contributed by atoms with Gasteiger partial charge in [-0.2, -0.15) is 0 Å². The Morgan fingerprint density at radius 1 is 1.13 bits per heavy atom. The number of fused-ring (bicyclic) bond motifs is 6. The molecule has 2 aliphatic heterocycles. The molecule has 1 aromatic carbocycles. The van der Waals surface area contributed by atoms with Crippen molar-refractivity contribution in [3.8, 4) is 0 Å². The van der Waals surface area contributed by atoms with E-state index in [0.717, 1.165) is 47.3 Å². The van der Waals surface area contributed by atoms with Crippen LogP contribution in [0, 0.1) is 17.8 Å². The van der Waals surface area contributed by atoms with E-state index in [1.54, 1.807) is 0 Å². The number of piperidine rings is 1. The minimum Gasteiger partial charge on any atom is -0.341 e. The lowest BCUT2D eigenvalue weighted by atomic mass is 9.75. The van der Waals surface area contributed by atoms with E-state index in [0.29, 0.717) is 11.2 Å². The Morgan fingerprint density at radius 2 is 1.94 bits per heavy atom. The highest BCUT2D eigenvalue weighted by Crippen LogP contribution is 2.64. The van der Waals surface area contributed by atoms with Crippen LogP contribution in [0.2, 0.25) is 0 Å². The second-order valence-electron chi connectivity index (χ2n) is 9.59. The number of hydrogen-bond donors (Lipinski definition) is 0. The molecule has 4 unspecified atom stereocenters. The molecule has 2 bridgehead atoms. The van der Waals surface area contributed by atoms with Crippen LogP contribution in [0.3, 0.4) is 0 Å². The largest absolute Gasteiger partial charge is 0.341 e. The summed E-state index contributed by atoms with van der Waals surface area (Å²) in [4.78, 5) is 29.4. The van der Waals surface area contributed by atoms with Crippen LogP contribution < -0.4 is 4.87 Å². The van der Waals surface area contributed by atoms with Crippen molar-refractivity contribution < 1.29 is 4.79 Å². The minimum absolute atomic E-state index is 0.0372.